The second-order valence-electron chi connectivity index (χ2n) is 16.3. The highest BCUT2D eigenvalue weighted by Gasteiger charge is 2.29. The fourth-order valence-electron chi connectivity index (χ4n) is 10.1. The van der Waals surface area contributed by atoms with Gasteiger partial charge in [0.25, 0.3) is 0 Å². The van der Waals surface area contributed by atoms with Crippen LogP contribution in [0.2, 0.25) is 0 Å². The van der Waals surface area contributed by atoms with Crippen molar-refractivity contribution < 1.29 is 8.83 Å². The maximum absolute atomic E-state index is 7.07. The summed E-state index contributed by atoms with van der Waals surface area (Å²) in [5.41, 5.74) is 12.2. The van der Waals surface area contributed by atoms with Crippen molar-refractivity contribution in [1.82, 2.24) is 24.1 Å². The Bertz CT molecular complexity index is 4120. The Balaban J connectivity index is 1.16. The third-order valence-electron chi connectivity index (χ3n) is 12.7. The smallest absolute Gasteiger partial charge is 0.167 e. The van der Waals surface area contributed by atoms with Gasteiger partial charge in [-0.3, -0.25) is 0 Å². The van der Waals surface area contributed by atoms with E-state index in [1.54, 1.807) is 0 Å². The van der Waals surface area contributed by atoms with Crippen LogP contribution in [0.4, 0.5) is 0 Å². The van der Waals surface area contributed by atoms with Gasteiger partial charge in [-0.2, -0.15) is 0 Å². The zero-order chi connectivity index (χ0) is 41.9. The first-order chi connectivity index (χ1) is 31.8. The molecule has 14 aromatic rings. The first-order valence-corrected chi connectivity index (χ1v) is 21.5. The fraction of sp³-hybridized carbons (Fsp3) is 0. The first-order valence-electron chi connectivity index (χ1n) is 21.5. The number of nitrogens with zero attached hydrogens (tertiary/aromatic N) is 5. The van der Waals surface area contributed by atoms with E-state index in [1.165, 1.54) is 0 Å². The standard InChI is InChI=1S/C57H33N5O2/c1-4-18-34(19-5-1)55-58-56(35-20-6-2-7-21-35)60-57(59-55)41-32-33-44(47-39-26-12-16-30-45(39)63-53(41)47)62-43-29-15-11-25-38(43)49-52(62)48-37-24-10-14-28-42(37)61(36-22-8-3-9-23-36)51(48)50-40-27-13-17-31-46(40)64-54(49)50/h1-33H. The van der Waals surface area contributed by atoms with Crippen LogP contribution in [0.25, 0.3) is 133 Å². The minimum Gasteiger partial charge on any atom is -0.455 e. The Kier molecular flexibility index (Phi) is 7.27. The summed E-state index contributed by atoms with van der Waals surface area (Å²) in [6.07, 6.45) is 0. The van der Waals surface area contributed by atoms with Crippen molar-refractivity contribution in [2.45, 2.75) is 0 Å². The van der Waals surface area contributed by atoms with Crippen molar-refractivity contribution in [2.24, 2.45) is 0 Å². The summed E-state index contributed by atoms with van der Waals surface area (Å²) in [6, 6.07) is 69.3. The summed E-state index contributed by atoms with van der Waals surface area (Å²) < 4.78 is 18.9. The Morgan fingerprint density at radius 1 is 0.328 bits per heavy atom. The van der Waals surface area contributed by atoms with Crippen LogP contribution in [0.5, 0.6) is 0 Å². The fourth-order valence-corrected chi connectivity index (χ4v) is 10.1. The monoisotopic (exact) mass is 819 g/mol. The van der Waals surface area contributed by atoms with E-state index < -0.39 is 0 Å². The number of fused-ring (bicyclic) bond motifs is 15. The third-order valence-corrected chi connectivity index (χ3v) is 12.7. The summed E-state index contributed by atoms with van der Waals surface area (Å²) in [5, 5.41) is 8.59. The lowest BCUT2D eigenvalue weighted by Crippen LogP contribution is -2.01. The van der Waals surface area contributed by atoms with Gasteiger partial charge in [0.05, 0.1) is 49.5 Å². The molecule has 0 saturated carbocycles. The van der Waals surface area contributed by atoms with Gasteiger partial charge in [-0.05, 0) is 48.5 Å². The number of rotatable bonds is 5. The molecule has 0 aliphatic rings. The maximum Gasteiger partial charge on any atom is 0.167 e. The van der Waals surface area contributed by atoms with Crippen molar-refractivity contribution in [2.75, 3.05) is 0 Å². The molecule has 0 N–H and O–H groups in total. The molecule has 0 aliphatic heterocycles. The van der Waals surface area contributed by atoms with Crippen LogP contribution >= 0.6 is 0 Å². The van der Waals surface area contributed by atoms with E-state index in [9.17, 15) is 0 Å². The average molecular weight is 820 g/mol. The molecule has 298 valence electrons. The van der Waals surface area contributed by atoms with Gasteiger partial charge >= 0.3 is 0 Å². The topological polar surface area (TPSA) is 74.8 Å². The molecule has 0 amide bonds. The largest absolute Gasteiger partial charge is 0.455 e. The first kappa shape index (κ1) is 34.9. The Morgan fingerprint density at radius 2 is 0.781 bits per heavy atom. The van der Waals surface area contributed by atoms with E-state index >= 15 is 0 Å². The molecule has 0 aliphatic carbocycles. The average Bonchev–Trinajstić information content (AvgIpc) is 4.13. The zero-order valence-corrected chi connectivity index (χ0v) is 34.1. The highest BCUT2D eigenvalue weighted by Crippen LogP contribution is 2.51. The lowest BCUT2D eigenvalue weighted by molar-refractivity contribution is 0.669. The molecular weight excluding hydrogens is 787 g/mol. The number of aromatic nitrogens is 5. The lowest BCUT2D eigenvalue weighted by atomic mass is 10.0. The number of hydrogen-bond donors (Lipinski definition) is 0. The van der Waals surface area contributed by atoms with Gasteiger partial charge in [0.1, 0.15) is 22.3 Å². The van der Waals surface area contributed by atoms with Gasteiger partial charge in [-0.25, -0.2) is 15.0 Å². The number of hydrogen-bond acceptors (Lipinski definition) is 5. The summed E-state index contributed by atoms with van der Waals surface area (Å²) in [6.45, 7) is 0. The number of para-hydroxylation sites is 5. The highest BCUT2D eigenvalue weighted by molar-refractivity contribution is 6.39. The molecule has 0 spiro atoms. The SMILES string of the molecule is c1ccc(-c2nc(-c3ccccc3)nc(-c3ccc(-n4c5ccccc5c5c6oc7ccccc7c6c6c(c7ccccc7n6-c6ccccc6)c54)c4c3oc3ccccc34)n2)cc1. The van der Waals surface area contributed by atoms with Gasteiger partial charge in [-0.15, -0.1) is 0 Å². The maximum atomic E-state index is 7.07. The van der Waals surface area contributed by atoms with Crippen LogP contribution < -0.4 is 0 Å². The predicted molar refractivity (Wildman–Crippen MR) is 259 cm³/mol. The third kappa shape index (κ3) is 4.89. The molecule has 7 nitrogen and oxygen atoms in total. The van der Waals surface area contributed by atoms with Crippen LogP contribution in [0.3, 0.4) is 0 Å². The van der Waals surface area contributed by atoms with E-state index in [0.29, 0.717) is 23.1 Å². The van der Waals surface area contributed by atoms with Crippen molar-refractivity contribution in [3.8, 4) is 45.5 Å². The molecule has 0 saturated heterocycles. The van der Waals surface area contributed by atoms with Crippen molar-refractivity contribution in [3.63, 3.8) is 0 Å². The molecule has 0 atom stereocenters. The second kappa shape index (κ2) is 13.3. The van der Waals surface area contributed by atoms with Crippen molar-refractivity contribution in [1.29, 1.82) is 0 Å². The Labute approximate surface area is 364 Å². The van der Waals surface area contributed by atoms with Gasteiger partial charge in [0.2, 0.25) is 0 Å². The van der Waals surface area contributed by atoms with E-state index in [2.05, 4.69) is 137 Å². The summed E-state index contributed by atoms with van der Waals surface area (Å²) in [4.78, 5) is 15.3. The zero-order valence-electron chi connectivity index (χ0n) is 34.1. The quantitative estimate of drug-likeness (QED) is 0.173. The molecule has 0 radical (unpaired) electrons. The predicted octanol–water partition coefficient (Wildman–Crippen LogP) is 14.9. The van der Waals surface area contributed by atoms with Crippen LogP contribution in [-0.2, 0) is 0 Å². The molecule has 0 bridgehead atoms. The summed E-state index contributed by atoms with van der Waals surface area (Å²) in [5.74, 6) is 1.71. The van der Waals surface area contributed by atoms with Crippen molar-refractivity contribution >= 4 is 87.5 Å². The molecular formula is C57H33N5O2. The van der Waals surface area contributed by atoms with Crippen LogP contribution in [0, 0.1) is 0 Å². The van der Waals surface area contributed by atoms with Crippen molar-refractivity contribution in [3.05, 3.63) is 200 Å². The molecule has 0 unspecified atom stereocenters. The van der Waals surface area contributed by atoms with E-state index in [0.717, 1.165) is 110 Å². The van der Waals surface area contributed by atoms with E-state index in [1.807, 2.05) is 72.8 Å². The lowest BCUT2D eigenvalue weighted by Gasteiger charge is -2.14. The normalized spacial score (nSPS) is 12.1. The molecule has 0 fully saturated rings. The molecule has 7 heteroatoms. The van der Waals surface area contributed by atoms with Gasteiger partial charge in [0, 0.05) is 43.7 Å². The van der Waals surface area contributed by atoms with Crippen LogP contribution in [0.15, 0.2) is 209 Å². The molecule has 5 aromatic heterocycles. The Morgan fingerprint density at radius 3 is 1.42 bits per heavy atom. The summed E-state index contributed by atoms with van der Waals surface area (Å²) >= 11 is 0. The molecule has 64 heavy (non-hydrogen) atoms. The van der Waals surface area contributed by atoms with E-state index in [-0.39, 0.29) is 0 Å². The second-order valence-corrected chi connectivity index (χ2v) is 16.3. The molecule has 14 rings (SSSR count). The number of benzene rings is 9. The minimum atomic E-state index is 0.530. The van der Waals surface area contributed by atoms with Gasteiger partial charge < -0.3 is 18.0 Å². The van der Waals surface area contributed by atoms with Crippen LogP contribution in [-0.4, -0.2) is 24.1 Å². The Hall–Kier alpha value is -8.81. The van der Waals surface area contributed by atoms with Crippen LogP contribution in [0.1, 0.15) is 0 Å². The van der Waals surface area contributed by atoms with Gasteiger partial charge in [0.15, 0.2) is 17.5 Å². The molecule has 5 heterocycles. The number of furan rings is 2. The minimum absolute atomic E-state index is 0.530. The summed E-state index contributed by atoms with van der Waals surface area (Å²) in [7, 11) is 0. The molecule has 9 aromatic carbocycles. The van der Waals surface area contributed by atoms with E-state index in [4.69, 9.17) is 23.8 Å². The van der Waals surface area contributed by atoms with Gasteiger partial charge in [-0.1, -0.05) is 152 Å². The highest BCUT2D eigenvalue weighted by atomic mass is 16.3.